The van der Waals surface area contributed by atoms with Crippen LogP contribution in [0.3, 0.4) is 0 Å². The number of hydrogen-bond donors (Lipinski definition) is 2. The fraction of sp³-hybridized carbons (Fsp3) is 0.562. The maximum Gasteiger partial charge on any atom is 0.234 e. The van der Waals surface area contributed by atoms with E-state index in [9.17, 15) is 4.79 Å². The molecule has 0 spiro atoms. The van der Waals surface area contributed by atoms with Gasteiger partial charge in [0.25, 0.3) is 0 Å². The highest BCUT2D eigenvalue weighted by atomic mass is 16.2. The molecule has 0 aromatic heterocycles. The van der Waals surface area contributed by atoms with Gasteiger partial charge in [-0.15, -0.1) is 0 Å². The molecule has 20 heavy (non-hydrogen) atoms. The molecule has 1 aliphatic rings. The molecule has 0 saturated carbocycles. The molecule has 110 valence electrons. The molecule has 1 saturated heterocycles. The summed E-state index contributed by atoms with van der Waals surface area (Å²) in [5.74, 6) is 0.101. The van der Waals surface area contributed by atoms with E-state index in [2.05, 4.69) is 42.3 Å². The summed E-state index contributed by atoms with van der Waals surface area (Å²) in [5, 5.41) is 2.93. The molecule has 0 bridgehead atoms. The van der Waals surface area contributed by atoms with E-state index in [1.807, 2.05) is 6.07 Å². The first kappa shape index (κ1) is 15.0. The molecule has 2 rings (SSSR count). The van der Waals surface area contributed by atoms with Crippen LogP contribution in [0, 0.1) is 6.92 Å². The third-order valence-electron chi connectivity index (χ3n) is 4.07. The van der Waals surface area contributed by atoms with Gasteiger partial charge in [-0.2, -0.15) is 0 Å². The number of benzene rings is 1. The minimum absolute atomic E-state index is 0.0435. The number of nitrogens with two attached hydrogens (primary N) is 1. The zero-order valence-corrected chi connectivity index (χ0v) is 12.4. The number of hydrogen-bond acceptors (Lipinski definition) is 3. The lowest BCUT2D eigenvalue weighted by Gasteiger charge is -2.35. The summed E-state index contributed by atoms with van der Waals surface area (Å²) in [6, 6.07) is 8.51. The highest BCUT2D eigenvalue weighted by Gasteiger charge is 2.29. The number of nitrogens with one attached hydrogen (secondary N) is 1. The summed E-state index contributed by atoms with van der Waals surface area (Å²) < 4.78 is 0. The second kappa shape index (κ2) is 6.86. The van der Waals surface area contributed by atoms with Gasteiger partial charge in [0.1, 0.15) is 0 Å². The summed E-state index contributed by atoms with van der Waals surface area (Å²) in [6.07, 6.45) is 1.88. The van der Waals surface area contributed by atoms with E-state index in [1.54, 1.807) is 0 Å². The normalized spacial score (nSPS) is 20.1. The fourth-order valence-electron chi connectivity index (χ4n) is 2.91. The van der Waals surface area contributed by atoms with Crippen molar-refractivity contribution >= 4 is 5.91 Å². The van der Waals surface area contributed by atoms with E-state index in [4.69, 9.17) is 5.73 Å². The van der Waals surface area contributed by atoms with Gasteiger partial charge < -0.3 is 11.1 Å². The molecule has 1 aromatic carbocycles. The van der Waals surface area contributed by atoms with Crippen LogP contribution < -0.4 is 11.1 Å². The number of carbonyl (C=O) groups is 1. The molecule has 3 N–H and O–H groups in total. The van der Waals surface area contributed by atoms with Crippen LogP contribution in [-0.4, -0.2) is 36.5 Å². The molecule has 1 aromatic rings. The monoisotopic (exact) mass is 275 g/mol. The van der Waals surface area contributed by atoms with Crippen LogP contribution in [0.25, 0.3) is 0 Å². The molecule has 0 aliphatic carbocycles. The molecular weight excluding hydrogens is 250 g/mol. The minimum Gasteiger partial charge on any atom is -0.355 e. The maximum absolute atomic E-state index is 11.8. The standard InChI is InChI=1S/C16H25N3O/c1-3-14(17)16(13-8-5-4-7-12(13)2)19-10-6-9-18-15(20)11-19/h4-5,7-8,14,16H,3,6,9-11,17H2,1-2H3,(H,18,20). The molecular formula is C16H25N3O. The number of aryl methyl sites for hydroxylation is 1. The highest BCUT2D eigenvalue weighted by molar-refractivity contribution is 5.78. The first-order chi connectivity index (χ1) is 9.63. The van der Waals surface area contributed by atoms with Crippen molar-refractivity contribution in [2.75, 3.05) is 19.6 Å². The van der Waals surface area contributed by atoms with Crippen molar-refractivity contribution in [3.63, 3.8) is 0 Å². The van der Waals surface area contributed by atoms with Gasteiger partial charge >= 0.3 is 0 Å². The van der Waals surface area contributed by atoms with Gasteiger partial charge in [-0.25, -0.2) is 0 Å². The van der Waals surface area contributed by atoms with Crippen molar-refractivity contribution in [2.45, 2.75) is 38.8 Å². The van der Waals surface area contributed by atoms with Crippen LogP contribution in [-0.2, 0) is 4.79 Å². The molecule has 1 amide bonds. The summed E-state index contributed by atoms with van der Waals surface area (Å²) in [7, 11) is 0. The average Bonchev–Trinajstić information content (AvgIpc) is 2.65. The van der Waals surface area contributed by atoms with Gasteiger partial charge in [-0.1, -0.05) is 31.2 Å². The third-order valence-corrected chi connectivity index (χ3v) is 4.07. The molecule has 1 fully saturated rings. The van der Waals surface area contributed by atoms with Crippen molar-refractivity contribution < 1.29 is 4.79 Å². The second-order valence-electron chi connectivity index (χ2n) is 5.55. The lowest BCUT2D eigenvalue weighted by molar-refractivity contribution is -0.122. The van der Waals surface area contributed by atoms with Crippen LogP contribution in [0.2, 0.25) is 0 Å². The first-order valence-corrected chi connectivity index (χ1v) is 7.45. The van der Waals surface area contributed by atoms with Crippen LogP contribution in [0.5, 0.6) is 0 Å². The zero-order valence-electron chi connectivity index (χ0n) is 12.4. The molecule has 2 unspecified atom stereocenters. The summed E-state index contributed by atoms with van der Waals surface area (Å²) >= 11 is 0. The Balaban J connectivity index is 2.32. The SMILES string of the molecule is CCC(N)C(c1ccccc1C)N1CCCNC(=O)C1. The van der Waals surface area contributed by atoms with E-state index in [-0.39, 0.29) is 18.0 Å². The van der Waals surface area contributed by atoms with Gasteiger partial charge in [-0.05, 0) is 30.9 Å². The van der Waals surface area contributed by atoms with E-state index >= 15 is 0 Å². The Labute approximate surface area is 121 Å². The Morgan fingerprint density at radius 2 is 2.15 bits per heavy atom. The molecule has 1 heterocycles. The lowest BCUT2D eigenvalue weighted by atomic mass is 9.92. The van der Waals surface area contributed by atoms with Crippen LogP contribution in [0.1, 0.15) is 36.9 Å². The van der Waals surface area contributed by atoms with E-state index < -0.39 is 0 Å². The topological polar surface area (TPSA) is 58.4 Å². The first-order valence-electron chi connectivity index (χ1n) is 7.45. The molecule has 0 radical (unpaired) electrons. The minimum atomic E-state index is 0.0435. The predicted octanol–water partition coefficient (Wildman–Crippen LogP) is 1.60. The molecule has 1 aliphatic heterocycles. The van der Waals surface area contributed by atoms with Crippen LogP contribution in [0.15, 0.2) is 24.3 Å². The predicted molar refractivity (Wildman–Crippen MR) is 81.4 cm³/mol. The number of amides is 1. The Morgan fingerprint density at radius 3 is 2.85 bits per heavy atom. The number of nitrogens with zero attached hydrogens (tertiary/aromatic N) is 1. The van der Waals surface area contributed by atoms with Crippen molar-refractivity contribution in [2.24, 2.45) is 5.73 Å². The Bertz CT molecular complexity index is 461. The lowest BCUT2D eigenvalue weighted by Crippen LogP contribution is -2.44. The van der Waals surface area contributed by atoms with Gasteiger partial charge in [0, 0.05) is 19.1 Å². The van der Waals surface area contributed by atoms with Gasteiger partial charge in [0.2, 0.25) is 5.91 Å². The van der Waals surface area contributed by atoms with Crippen molar-refractivity contribution in [3.05, 3.63) is 35.4 Å². The largest absolute Gasteiger partial charge is 0.355 e. The van der Waals surface area contributed by atoms with Crippen molar-refractivity contribution in [3.8, 4) is 0 Å². The zero-order chi connectivity index (χ0) is 14.5. The summed E-state index contributed by atoms with van der Waals surface area (Å²) in [5.41, 5.74) is 8.86. The third kappa shape index (κ3) is 3.38. The Kier molecular flexibility index (Phi) is 5.15. The Hall–Kier alpha value is -1.39. The maximum atomic E-state index is 11.8. The highest BCUT2D eigenvalue weighted by Crippen LogP contribution is 2.28. The van der Waals surface area contributed by atoms with Gasteiger partial charge in [0.15, 0.2) is 0 Å². The van der Waals surface area contributed by atoms with E-state index in [0.29, 0.717) is 6.54 Å². The van der Waals surface area contributed by atoms with Crippen LogP contribution in [0.4, 0.5) is 0 Å². The average molecular weight is 275 g/mol. The van der Waals surface area contributed by atoms with Crippen molar-refractivity contribution in [1.29, 1.82) is 0 Å². The van der Waals surface area contributed by atoms with Gasteiger partial charge in [0.05, 0.1) is 12.6 Å². The Morgan fingerprint density at radius 1 is 1.40 bits per heavy atom. The molecule has 4 heteroatoms. The number of carbonyl (C=O) groups excluding carboxylic acids is 1. The second-order valence-corrected chi connectivity index (χ2v) is 5.55. The van der Waals surface area contributed by atoms with Crippen molar-refractivity contribution in [1.82, 2.24) is 10.2 Å². The van der Waals surface area contributed by atoms with E-state index in [1.165, 1.54) is 11.1 Å². The van der Waals surface area contributed by atoms with E-state index in [0.717, 1.165) is 25.9 Å². The molecule has 2 atom stereocenters. The smallest absolute Gasteiger partial charge is 0.234 e. The molecule has 4 nitrogen and oxygen atoms in total. The van der Waals surface area contributed by atoms with Gasteiger partial charge in [-0.3, -0.25) is 9.69 Å². The summed E-state index contributed by atoms with van der Waals surface area (Å²) in [4.78, 5) is 14.1. The quantitative estimate of drug-likeness (QED) is 0.877. The fourth-order valence-corrected chi connectivity index (χ4v) is 2.91. The number of rotatable bonds is 4. The van der Waals surface area contributed by atoms with Crippen LogP contribution >= 0.6 is 0 Å². The summed E-state index contributed by atoms with van der Waals surface area (Å²) in [6.45, 7) is 6.33.